The zero-order valence-corrected chi connectivity index (χ0v) is 11.7. The van der Waals surface area contributed by atoms with Crippen LogP contribution in [-0.2, 0) is 9.47 Å². The standard InChI is InChI=1S/C16H20F2O2/c1-10-2-7-14(16(18)15(10)17)11-3-5-12(6-4-11)19-8-13-9-20-13/h2,7,11-13H,3-6,8-9H2,1H3. The van der Waals surface area contributed by atoms with Crippen molar-refractivity contribution in [3.63, 3.8) is 0 Å². The van der Waals surface area contributed by atoms with Gasteiger partial charge in [0.15, 0.2) is 11.6 Å². The second-order valence-electron chi connectivity index (χ2n) is 5.86. The monoisotopic (exact) mass is 282 g/mol. The van der Waals surface area contributed by atoms with Crippen molar-refractivity contribution >= 4 is 0 Å². The second-order valence-corrected chi connectivity index (χ2v) is 5.86. The van der Waals surface area contributed by atoms with Crippen LogP contribution in [0.15, 0.2) is 12.1 Å². The summed E-state index contributed by atoms with van der Waals surface area (Å²) < 4.78 is 38.5. The minimum absolute atomic E-state index is 0.113. The first-order chi connectivity index (χ1) is 9.65. The van der Waals surface area contributed by atoms with Gasteiger partial charge in [0.25, 0.3) is 0 Å². The summed E-state index contributed by atoms with van der Waals surface area (Å²) >= 11 is 0. The molecule has 3 rings (SSSR count). The predicted octanol–water partition coefficient (Wildman–Crippen LogP) is 3.71. The highest BCUT2D eigenvalue weighted by Gasteiger charge is 2.28. The summed E-state index contributed by atoms with van der Waals surface area (Å²) in [6.07, 6.45) is 4.06. The summed E-state index contributed by atoms with van der Waals surface area (Å²) in [7, 11) is 0. The number of aryl methyl sites for hydroxylation is 1. The quantitative estimate of drug-likeness (QED) is 0.785. The molecule has 2 nitrogen and oxygen atoms in total. The predicted molar refractivity (Wildman–Crippen MR) is 71.8 cm³/mol. The van der Waals surface area contributed by atoms with Crippen LogP contribution in [0.4, 0.5) is 8.78 Å². The van der Waals surface area contributed by atoms with Gasteiger partial charge in [0, 0.05) is 0 Å². The van der Waals surface area contributed by atoms with E-state index in [1.807, 2.05) is 0 Å². The average Bonchev–Trinajstić information content (AvgIpc) is 3.28. The van der Waals surface area contributed by atoms with Crippen LogP contribution in [0.25, 0.3) is 0 Å². The van der Waals surface area contributed by atoms with Crippen molar-refractivity contribution in [1.29, 1.82) is 0 Å². The Labute approximate surface area is 118 Å². The number of ether oxygens (including phenoxy) is 2. The Morgan fingerprint density at radius 2 is 1.85 bits per heavy atom. The van der Waals surface area contributed by atoms with Crippen LogP contribution in [-0.4, -0.2) is 25.4 Å². The highest BCUT2D eigenvalue weighted by molar-refractivity contribution is 5.28. The van der Waals surface area contributed by atoms with E-state index in [9.17, 15) is 8.78 Å². The Morgan fingerprint density at radius 1 is 1.15 bits per heavy atom. The molecule has 1 saturated heterocycles. The third-order valence-corrected chi connectivity index (χ3v) is 4.34. The van der Waals surface area contributed by atoms with Gasteiger partial charge in [-0.25, -0.2) is 8.78 Å². The van der Waals surface area contributed by atoms with Gasteiger partial charge in [0.1, 0.15) is 6.10 Å². The van der Waals surface area contributed by atoms with Gasteiger partial charge >= 0.3 is 0 Å². The van der Waals surface area contributed by atoms with Gasteiger partial charge in [-0.1, -0.05) is 12.1 Å². The first-order valence-electron chi connectivity index (χ1n) is 7.33. The van der Waals surface area contributed by atoms with Crippen LogP contribution < -0.4 is 0 Å². The molecule has 1 unspecified atom stereocenters. The molecule has 1 heterocycles. The van der Waals surface area contributed by atoms with Crippen molar-refractivity contribution in [2.24, 2.45) is 0 Å². The molecular weight excluding hydrogens is 262 g/mol. The maximum absolute atomic E-state index is 14.0. The first-order valence-corrected chi connectivity index (χ1v) is 7.33. The fourth-order valence-corrected chi connectivity index (χ4v) is 2.92. The minimum atomic E-state index is -0.702. The third kappa shape index (κ3) is 3.01. The summed E-state index contributed by atoms with van der Waals surface area (Å²) in [4.78, 5) is 0. The van der Waals surface area contributed by atoms with Crippen molar-refractivity contribution in [2.75, 3.05) is 13.2 Å². The molecule has 4 heteroatoms. The fraction of sp³-hybridized carbons (Fsp3) is 0.625. The van der Waals surface area contributed by atoms with Gasteiger partial charge < -0.3 is 9.47 Å². The maximum Gasteiger partial charge on any atom is 0.162 e. The summed E-state index contributed by atoms with van der Waals surface area (Å²) in [5, 5.41) is 0. The Balaban J connectivity index is 1.58. The average molecular weight is 282 g/mol. The third-order valence-electron chi connectivity index (χ3n) is 4.34. The van der Waals surface area contributed by atoms with Crippen LogP contribution in [0.5, 0.6) is 0 Å². The van der Waals surface area contributed by atoms with Crippen molar-refractivity contribution < 1.29 is 18.3 Å². The lowest BCUT2D eigenvalue weighted by molar-refractivity contribution is 0.0162. The molecular formula is C16H20F2O2. The van der Waals surface area contributed by atoms with E-state index in [0.29, 0.717) is 17.7 Å². The number of hydrogen-bond donors (Lipinski definition) is 0. The smallest absolute Gasteiger partial charge is 0.162 e. The number of benzene rings is 1. The molecule has 1 aromatic carbocycles. The second kappa shape index (κ2) is 5.78. The molecule has 1 aliphatic heterocycles. The summed E-state index contributed by atoms with van der Waals surface area (Å²) in [5.74, 6) is -1.25. The van der Waals surface area contributed by atoms with Crippen LogP contribution in [0.1, 0.15) is 42.7 Å². The van der Waals surface area contributed by atoms with Gasteiger partial charge in [0.2, 0.25) is 0 Å². The molecule has 0 spiro atoms. The van der Waals surface area contributed by atoms with Gasteiger partial charge in [-0.05, 0) is 49.7 Å². The van der Waals surface area contributed by atoms with Crippen LogP contribution in [0, 0.1) is 18.6 Å². The number of halogens is 2. The van der Waals surface area contributed by atoms with Gasteiger partial charge in [-0.3, -0.25) is 0 Å². The van der Waals surface area contributed by atoms with E-state index in [1.54, 1.807) is 19.1 Å². The summed E-state index contributed by atoms with van der Waals surface area (Å²) in [6, 6.07) is 3.40. The molecule has 0 amide bonds. The Morgan fingerprint density at radius 3 is 2.50 bits per heavy atom. The largest absolute Gasteiger partial charge is 0.375 e. The molecule has 1 atom stereocenters. The van der Waals surface area contributed by atoms with Gasteiger partial charge in [-0.2, -0.15) is 0 Å². The highest BCUT2D eigenvalue weighted by Crippen LogP contribution is 2.36. The van der Waals surface area contributed by atoms with E-state index in [-0.39, 0.29) is 18.1 Å². The number of hydrogen-bond acceptors (Lipinski definition) is 2. The van der Waals surface area contributed by atoms with Gasteiger partial charge in [0.05, 0.1) is 19.3 Å². The van der Waals surface area contributed by atoms with Crippen LogP contribution >= 0.6 is 0 Å². The first kappa shape index (κ1) is 14.0. The molecule has 20 heavy (non-hydrogen) atoms. The van der Waals surface area contributed by atoms with Crippen LogP contribution in [0.3, 0.4) is 0 Å². The maximum atomic E-state index is 14.0. The minimum Gasteiger partial charge on any atom is -0.375 e. The van der Waals surface area contributed by atoms with Crippen molar-refractivity contribution in [1.82, 2.24) is 0 Å². The number of epoxide rings is 1. The molecule has 2 aliphatic rings. The molecule has 0 aromatic heterocycles. The van der Waals surface area contributed by atoms with E-state index >= 15 is 0 Å². The van der Waals surface area contributed by atoms with E-state index in [0.717, 1.165) is 32.3 Å². The van der Waals surface area contributed by atoms with Crippen molar-refractivity contribution in [3.05, 3.63) is 34.9 Å². The summed E-state index contributed by atoms with van der Waals surface area (Å²) in [6.45, 7) is 3.07. The summed E-state index contributed by atoms with van der Waals surface area (Å²) in [5.41, 5.74) is 0.893. The molecule has 1 saturated carbocycles. The van der Waals surface area contributed by atoms with Crippen LogP contribution in [0.2, 0.25) is 0 Å². The fourth-order valence-electron chi connectivity index (χ4n) is 2.92. The van der Waals surface area contributed by atoms with Crippen molar-refractivity contribution in [3.8, 4) is 0 Å². The zero-order chi connectivity index (χ0) is 14.1. The topological polar surface area (TPSA) is 21.8 Å². The van der Waals surface area contributed by atoms with E-state index in [2.05, 4.69) is 0 Å². The van der Waals surface area contributed by atoms with E-state index in [1.165, 1.54) is 0 Å². The molecule has 1 aromatic rings. The number of rotatable bonds is 4. The van der Waals surface area contributed by atoms with Crippen molar-refractivity contribution in [2.45, 2.75) is 50.7 Å². The Hall–Kier alpha value is -1.00. The highest BCUT2D eigenvalue weighted by atomic mass is 19.2. The molecule has 0 bridgehead atoms. The molecule has 1 aliphatic carbocycles. The lowest BCUT2D eigenvalue weighted by atomic mass is 9.82. The normalized spacial score (nSPS) is 29.4. The molecule has 2 fully saturated rings. The SMILES string of the molecule is Cc1ccc(C2CCC(OCC3CO3)CC2)c(F)c1F. The lowest BCUT2D eigenvalue weighted by Gasteiger charge is -2.29. The Bertz CT molecular complexity index is 478. The molecule has 0 N–H and O–H groups in total. The molecule has 0 radical (unpaired) electrons. The van der Waals surface area contributed by atoms with E-state index in [4.69, 9.17) is 9.47 Å². The molecule has 110 valence electrons. The zero-order valence-electron chi connectivity index (χ0n) is 11.7. The van der Waals surface area contributed by atoms with Gasteiger partial charge in [-0.15, -0.1) is 0 Å². The Kier molecular flexibility index (Phi) is 4.03. The lowest BCUT2D eigenvalue weighted by Crippen LogP contribution is -2.23. The van der Waals surface area contributed by atoms with E-state index < -0.39 is 11.6 Å².